The number of alkyl halides is 3. The number of carboxylic acid groups (broad SMARTS) is 2. The number of anilines is 1. The summed E-state index contributed by atoms with van der Waals surface area (Å²) in [5.74, 6) is -2.68. The Morgan fingerprint density at radius 3 is 2.09 bits per heavy atom. The van der Waals surface area contributed by atoms with Gasteiger partial charge in [0.15, 0.2) is 0 Å². The summed E-state index contributed by atoms with van der Waals surface area (Å²) < 4.78 is 52.1. The van der Waals surface area contributed by atoms with Gasteiger partial charge in [-0.2, -0.15) is 13.2 Å². The van der Waals surface area contributed by atoms with Crippen molar-refractivity contribution in [3.8, 4) is 17.4 Å². The number of amides is 2. The van der Waals surface area contributed by atoms with Gasteiger partial charge in [-0.3, -0.25) is 14.5 Å². The van der Waals surface area contributed by atoms with Crippen LogP contribution < -0.4 is 14.4 Å². The molecule has 5 aromatic rings. The first-order valence-electron chi connectivity index (χ1n) is 16.5. The number of aromatic nitrogens is 2. The molecule has 288 valence electrons. The molecule has 1 aliphatic heterocycles. The zero-order valence-corrected chi connectivity index (χ0v) is 30.5. The van der Waals surface area contributed by atoms with E-state index in [0.717, 1.165) is 54.5 Å². The van der Waals surface area contributed by atoms with Crippen LogP contribution in [0.4, 0.5) is 18.9 Å². The van der Waals surface area contributed by atoms with E-state index < -0.39 is 29.6 Å². The number of carboxylic acids is 2. The van der Waals surface area contributed by atoms with Gasteiger partial charge in [0.2, 0.25) is 5.88 Å². The summed E-state index contributed by atoms with van der Waals surface area (Å²) in [6.45, 7) is 3.62. The number of aryl methyl sites for hydroxylation is 1. The Kier molecular flexibility index (Phi) is 12.3. The summed E-state index contributed by atoms with van der Waals surface area (Å²) in [4.78, 5) is 54.5. The second-order valence-electron chi connectivity index (χ2n) is 12.3. The molecule has 2 amide bonds. The van der Waals surface area contributed by atoms with E-state index in [2.05, 4.69) is 22.0 Å². The van der Waals surface area contributed by atoms with Crippen molar-refractivity contribution >= 4 is 51.9 Å². The molecule has 0 aliphatic carbocycles. The maximum absolute atomic E-state index is 13.6. The molecule has 2 aromatic heterocycles. The van der Waals surface area contributed by atoms with Crippen LogP contribution in [0.25, 0.3) is 10.9 Å². The van der Waals surface area contributed by atoms with E-state index in [-0.39, 0.29) is 22.4 Å². The Balaban J connectivity index is 0.000000895. The van der Waals surface area contributed by atoms with Crippen LogP contribution in [-0.2, 0) is 29.4 Å². The van der Waals surface area contributed by atoms with Gasteiger partial charge in [-0.25, -0.2) is 14.6 Å². The van der Waals surface area contributed by atoms with Crippen molar-refractivity contribution in [3.63, 3.8) is 0 Å². The van der Waals surface area contributed by atoms with Crippen molar-refractivity contribution in [1.29, 1.82) is 0 Å². The van der Waals surface area contributed by atoms with Crippen LogP contribution >= 0.6 is 11.6 Å². The molecule has 3 heterocycles. The van der Waals surface area contributed by atoms with Gasteiger partial charge < -0.3 is 34.1 Å². The fourth-order valence-corrected chi connectivity index (χ4v) is 6.03. The first kappa shape index (κ1) is 40.1. The van der Waals surface area contributed by atoms with Gasteiger partial charge in [-0.1, -0.05) is 23.7 Å². The Morgan fingerprint density at radius 2 is 1.53 bits per heavy atom. The number of pyridine rings is 1. The van der Waals surface area contributed by atoms with Gasteiger partial charge >= 0.3 is 18.1 Å². The molecule has 1 aliphatic rings. The van der Waals surface area contributed by atoms with E-state index in [1.807, 2.05) is 46.8 Å². The summed E-state index contributed by atoms with van der Waals surface area (Å²) in [6, 6.07) is 21.2. The standard InChI is InChI=1S/C36H33ClF3N5O4.C2H2O4/c1-42(34(46)29-11-6-25(20-30(29)37)36(38,39)40)26-7-13-33(41-21-26)49-28-10-12-31-24(18-28)19-32(43(31)2)35(47)45-16-14-44(15-17-45)22-23-4-8-27(48-3)9-5-23;3-1(4)2(5)6/h4-13,18-21H,14-17,22H2,1-3H3;(H,3,4)(H,5,6). The highest BCUT2D eigenvalue weighted by molar-refractivity contribution is 6.34. The van der Waals surface area contributed by atoms with E-state index >= 15 is 0 Å². The average molecular weight is 782 g/mol. The monoisotopic (exact) mass is 781 g/mol. The number of methoxy groups -OCH3 is 1. The van der Waals surface area contributed by atoms with Crippen molar-refractivity contribution < 1.29 is 52.0 Å². The summed E-state index contributed by atoms with van der Waals surface area (Å²) >= 11 is 6.01. The predicted octanol–water partition coefficient (Wildman–Crippen LogP) is 6.44. The Bertz CT molecular complexity index is 2190. The van der Waals surface area contributed by atoms with Crippen LogP contribution in [0.3, 0.4) is 0 Å². The molecule has 55 heavy (non-hydrogen) atoms. The maximum atomic E-state index is 13.6. The minimum Gasteiger partial charge on any atom is -0.497 e. The van der Waals surface area contributed by atoms with Crippen molar-refractivity contribution in [2.24, 2.45) is 7.05 Å². The van der Waals surface area contributed by atoms with Crippen LogP contribution in [0.5, 0.6) is 17.4 Å². The van der Waals surface area contributed by atoms with Gasteiger partial charge in [0.05, 0.1) is 35.1 Å². The first-order chi connectivity index (χ1) is 26.0. The lowest BCUT2D eigenvalue weighted by atomic mass is 10.1. The molecule has 0 atom stereocenters. The van der Waals surface area contributed by atoms with Crippen LogP contribution in [-0.4, -0.2) is 93.7 Å². The Labute approximate surface area is 317 Å². The van der Waals surface area contributed by atoms with Crippen LogP contribution in [0.2, 0.25) is 5.02 Å². The number of ether oxygens (including phenoxy) is 2. The summed E-state index contributed by atoms with van der Waals surface area (Å²) in [5, 5.41) is 15.3. The molecular formula is C38H35ClF3N5O8. The number of hydrogen-bond donors (Lipinski definition) is 2. The van der Waals surface area contributed by atoms with Crippen molar-refractivity contribution in [3.05, 3.63) is 112 Å². The van der Waals surface area contributed by atoms with Gasteiger partial charge in [-0.15, -0.1) is 0 Å². The number of halogens is 4. The highest BCUT2D eigenvalue weighted by Crippen LogP contribution is 2.33. The lowest BCUT2D eigenvalue weighted by molar-refractivity contribution is -0.159. The number of aliphatic carboxylic acids is 2. The van der Waals surface area contributed by atoms with Gasteiger partial charge in [0, 0.05) is 63.8 Å². The second kappa shape index (κ2) is 16.9. The van der Waals surface area contributed by atoms with E-state index in [0.29, 0.717) is 30.2 Å². The zero-order chi connectivity index (χ0) is 40.0. The number of fused-ring (bicyclic) bond motifs is 1. The molecule has 0 bridgehead atoms. The fraction of sp³-hybridized carbons (Fsp3) is 0.237. The topological polar surface area (TPSA) is 155 Å². The Hall–Kier alpha value is -6.13. The third kappa shape index (κ3) is 9.71. The quantitative estimate of drug-likeness (QED) is 0.168. The highest BCUT2D eigenvalue weighted by atomic mass is 35.5. The molecule has 13 nitrogen and oxygen atoms in total. The largest absolute Gasteiger partial charge is 0.497 e. The molecule has 0 saturated carbocycles. The van der Waals surface area contributed by atoms with E-state index in [9.17, 15) is 22.8 Å². The van der Waals surface area contributed by atoms with Crippen molar-refractivity contribution in [2.75, 3.05) is 45.2 Å². The molecule has 6 rings (SSSR count). The summed E-state index contributed by atoms with van der Waals surface area (Å²) in [6.07, 6.45) is -3.16. The van der Waals surface area contributed by atoms with Gasteiger partial charge in [-0.05, 0) is 66.2 Å². The van der Waals surface area contributed by atoms with Gasteiger partial charge in [0.1, 0.15) is 17.2 Å². The molecule has 0 unspecified atom stereocenters. The molecule has 1 fully saturated rings. The number of hydrogen-bond acceptors (Lipinski definition) is 8. The number of carbonyl (C=O) groups excluding carboxylic acids is 2. The van der Waals surface area contributed by atoms with Gasteiger partial charge in [0.25, 0.3) is 11.8 Å². The van der Waals surface area contributed by atoms with Crippen LogP contribution in [0.1, 0.15) is 32.0 Å². The molecule has 0 radical (unpaired) electrons. The molecule has 2 N–H and O–H groups in total. The highest BCUT2D eigenvalue weighted by Gasteiger charge is 2.32. The Morgan fingerprint density at radius 1 is 0.873 bits per heavy atom. The predicted molar refractivity (Wildman–Crippen MR) is 196 cm³/mol. The van der Waals surface area contributed by atoms with Crippen molar-refractivity contribution in [1.82, 2.24) is 19.4 Å². The maximum Gasteiger partial charge on any atom is 0.416 e. The van der Waals surface area contributed by atoms with Crippen molar-refractivity contribution in [2.45, 2.75) is 12.7 Å². The molecular weight excluding hydrogens is 747 g/mol. The number of nitrogens with zero attached hydrogens (tertiary/aromatic N) is 5. The molecule has 1 saturated heterocycles. The molecule has 3 aromatic carbocycles. The average Bonchev–Trinajstić information content (AvgIpc) is 3.49. The SMILES string of the molecule is COc1ccc(CN2CCN(C(=O)c3cc4cc(Oc5ccc(N(C)C(=O)c6ccc(C(F)(F)F)cc6Cl)cn5)ccc4n3C)CC2)cc1.O=C(O)C(=O)O. The van der Waals surface area contributed by atoms with E-state index in [4.69, 9.17) is 40.9 Å². The summed E-state index contributed by atoms with van der Waals surface area (Å²) in [7, 11) is 4.99. The molecule has 0 spiro atoms. The lowest BCUT2D eigenvalue weighted by Gasteiger charge is -2.34. The first-order valence-corrected chi connectivity index (χ1v) is 16.9. The van der Waals surface area contributed by atoms with E-state index in [1.54, 1.807) is 25.3 Å². The number of rotatable bonds is 8. The zero-order valence-electron chi connectivity index (χ0n) is 29.7. The number of carbonyl (C=O) groups is 4. The van der Waals surface area contributed by atoms with Crippen LogP contribution in [0, 0.1) is 0 Å². The molecule has 17 heteroatoms. The minimum atomic E-state index is -4.57. The normalized spacial score (nSPS) is 13.1. The fourth-order valence-electron chi connectivity index (χ4n) is 5.77. The lowest BCUT2D eigenvalue weighted by Crippen LogP contribution is -2.48. The number of piperazine rings is 1. The minimum absolute atomic E-state index is 0.0289. The van der Waals surface area contributed by atoms with Crippen LogP contribution in [0.15, 0.2) is 85.1 Å². The smallest absolute Gasteiger partial charge is 0.416 e. The number of benzene rings is 3. The second-order valence-corrected chi connectivity index (χ2v) is 12.8. The summed E-state index contributed by atoms with van der Waals surface area (Å²) in [5.41, 5.74) is 2.03. The van der Waals surface area contributed by atoms with E-state index in [1.165, 1.54) is 23.7 Å². The third-order valence-electron chi connectivity index (χ3n) is 8.80. The third-order valence-corrected chi connectivity index (χ3v) is 9.12.